The molecule has 3 nitrogen and oxygen atoms in total. The van der Waals surface area contributed by atoms with E-state index >= 15 is 0 Å². The summed E-state index contributed by atoms with van der Waals surface area (Å²) in [4.78, 5) is 2.36. The van der Waals surface area contributed by atoms with Crippen molar-refractivity contribution in [2.45, 2.75) is 44.7 Å². The van der Waals surface area contributed by atoms with Gasteiger partial charge in [-0.1, -0.05) is 18.6 Å². The van der Waals surface area contributed by atoms with E-state index in [4.69, 9.17) is 0 Å². The molecule has 2 aliphatic rings. The molecule has 0 amide bonds. The monoisotopic (exact) mass is 274 g/mol. The van der Waals surface area contributed by atoms with Crippen molar-refractivity contribution in [1.29, 1.82) is 0 Å². The summed E-state index contributed by atoms with van der Waals surface area (Å²) in [5.41, 5.74) is 4.26. The van der Waals surface area contributed by atoms with Crippen molar-refractivity contribution in [2.75, 3.05) is 25.1 Å². The predicted octanol–water partition coefficient (Wildman–Crippen LogP) is 2.32. The van der Waals surface area contributed by atoms with Gasteiger partial charge in [-0.25, -0.2) is 0 Å². The van der Waals surface area contributed by atoms with Crippen molar-refractivity contribution in [3.63, 3.8) is 0 Å². The first-order valence-electron chi connectivity index (χ1n) is 7.95. The average Bonchev–Trinajstić information content (AvgIpc) is 2.92. The maximum Gasteiger partial charge on any atom is 0.0474 e. The Morgan fingerprint density at radius 1 is 1.30 bits per heavy atom. The zero-order valence-electron chi connectivity index (χ0n) is 12.4. The Bertz CT molecular complexity index is 460. The zero-order chi connectivity index (χ0) is 13.9. The van der Waals surface area contributed by atoms with E-state index in [1.807, 2.05) is 0 Å². The molecule has 2 atom stereocenters. The van der Waals surface area contributed by atoms with Crippen molar-refractivity contribution in [2.24, 2.45) is 5.92 Å². The normalized spacial score (nSPS) is 25.8. The molecule has 1 saturated carbocycles. The van der Waals surface area contributed by atoms with Gasteiger partial charge in [0.2, 0.25) is 0 Å². The van der Waals surface area contributed by atoms with E-state index in [1.54, 1.807) is 0 Å². The number of hydrogen-bond acceptors (Lipinski definition) is 3. The molecule has 0 spiro atoms. The summed E-state index contributed by atoms with van der Waals surface area (Å²) in [7, 11) is 2.18. The fourth-order valence-electron chi connectivity index (χ4n) is 3.72. The van der Waals surface area contributed by atoms with Crippen LogP contribution < -0.4 is 10.2 Å². The van der Waals surface area contributed by atoms with Crippen LogP contribution in [0.4, 0.5) is 5.69 Å². The van der Waals surface area contributed by atoms with E-state index in [1.165, 1.54) is 55.5 Å². The highest BCUT2D eigenvalue weighted by Gasteiger charge is 2.25. The average molecular weight is 274 g/mol. The molecule has 20 heavy (non-hydrogen) atoms. The Morgan fingerprint density at radius 3 is 3.05 bits per heavy atom. The molecule has 0 bridgehead atoms. The maximum absolute atomic E-state index is 9.38. The molecular formula is C17H26N2O. The Hall–Kier alpha value is -1.06. The minimum absolute atomic E-state index is 0.326. The molecule has 2 N–H and O–H groups in total. The lowest BCUT2D eigenvalue weighted by atomic mass is 9.99. The number of hydrogen-bond donors (Lipinski definition) is 2. The summed E-state index contributed by atoms with van der Waals surface area (Å²) in [6.07, 6.45) is 6.09. The minimum atomic E-state index is 0.326. The second-order valence-corrected chi connectivity index (χ2v) is 6.35. The van der Waals surface area contributed by atoms with Gasteiger partial charge in [0.05, 0.1) is 0 Å². The number of aliphatic hydroxyl groups excluding tert-OH is 1. The number of rotatable bonds is 4. The summed E-state index contributed by atoms with van der Waals surface area (Å²) in [6.45, 7) is 2.43. The number of fused-ring (bicyclic) bond motifs is 1. The van der Waals surface area contributed by atoms with E-state index in [0.29, 0.717) is 18.6 Å². The van der Waals surface area contributed by atoms with E-state index in [2.05, 4.69) is 35.5 Å². The molecule has 110 valence electrons. The molecule has 1 aliphatic carbocycles. The number of aryl methyl sites for hydroxylation is 1. The molecule has 3 rings (SSSR count). The second-order valence-electron chi connectivity index (χ2n) is 6.35. The highest BCUT2D eigenvalue weighted by molar-refractivity contribution is 5.56. The molecule has 0 radical (unpaired) electrons. The van der Waals surface area contributed by atoms with Gasteiger partial charge in [-0.3, -0.25) is 0 Å². The quantitative estimate of drug-likeness (QED) is 0.884. The lowest BCUT2D eigenvalue weighted by Gasteiger charge is -2.28. The van der Waals surface area contributed by atoms with Crippen LogP contribution in [0, 0.1) is 5.92 Å². The summed E-state index contributed by atoms with van der Waals surface area (Å²) in [5.74, 6) is 0.457. The van der Waals surface area contributed by atoms with Crippen LogP contribution in [0.1, 0.15) is 36.8 Å². The van der Waals surface area contributed by atoms with Crippen LogP contribution in [-0.2, 0) is 13.0 Å². The smallest absolute Gasteiger partial charge is 0.0474 e. The summed E-state index contributed by atoms with van der Waals surface area (Å²) in [6, 6.07) is 7.37. The number of nitrogens with one attached hydrogen (secondary N) is 1. The highest BCUT2D eigenvalue weighted by atomic mass is 16.3. The summed E-state index contributed by atoms with van der Waals surface area (Å²) >= 11 is 0. The fourth-order valence-corrected chi connectivity index (χ4v) is 3.72. The molecule has 0 saturated heterocycles. The fraction of sp³-hybridized carbons (Fsp3) is 0.647. The first kappa shape index (κ1) is 13.9. The molecule has 1 aromatic rings. The molecule has 3 heteroatoms. The first-order valence-corrected chi connectivity index (χ1v) is 7.95. The molecule has 1 aromatic carbocycles. The molecule has 1 fully saturated rings. The van der Waals surface area contributed by atoms with Crippen molar-refractivity contribution < 1.29 is 5.11 Å². The summed E-state index contributed by atoms with van der Waals surface area (Å²) in [5, 5.41) is 13.0. The Balaban J connectivity index is 1.63. The molecule has 1 aliphatic heterocycles. The third-order valence-electron chi connectivity index (χ3n) is 4.96. The second kappa shape index (κ2) is 6.15. The SMILES string of the molecule is CN1CCCc2cc(CNC3CCCC3CO)ccc21. The predicted molar refractivity (Wildman–Crippen MR) is 83.1 cm³/mol. The van der Waals surface area contributed by atoms with E-state index < -0.39 is 0 Å². The van der Waals surface area contributed by atoms with Gasteiger partial charge in [0, 0.05) is 38.5 Å². The van der Waals surface area contributed by atoms with E-state index in [-0.39, 0.29) is 0 Å². The van der Waals surface area contributed by atoms with Gasteiger partial charge in [-0.15, -0.1) is 0 Å². The van der Waals surface area contributed by atoms with Gasteiger partial charge in [0.1, 0.15) is 0 Å². The lowest BCUT2D eigenvalue weighted by molar-refractivity contribution is 0.205. The van der Waals surface area contributed by atoms with E-state index in [9.17, 15) is 5.11 Å². The highest BCUT2D eigenvalue weighted by Crippen LogP contribution is 2.28. The maximum atomic E-state index is 9.38. The van der Waals surface area contributed by atoms with Crippen LogP contribution in [0.5, 0.6) is 0 Å². The number of aliphatic hydroxyl groups is 1. The van der Waals surface area contributed by atoms with Gasteiger partial charge in [0.25, 0.3) is 0 Å². The van der Waals surface area contributed by atoms with Gasteiger partial charge < -0.3 is 15.3 Å². The van der Waals surface area contributed by atoms with Crippen LogP contribution in [0.15, 0.2) is 18.2 Å². The van der Waals surface area contributed by atoms with Gasteiger partial charge in [0.15, 0.2) is 0 Å². The van der Waals surface area contributed by atoms with Crippen LogP contribution in [-0.4, -0.2) is 31.3 Å². The topological polar surface area (TPSA) is 35.5 Å². The van der Waals surface area contributed by atoms with Crippen molar-refractivity contribution in [1.82, 2.24) is 5.32 Å². The first-order chi connectivity index (χ1) is 9.78. The third-order valence-corrected chi connectivity index (χ3v) is 4.96. The Kier molecular flexibility index (Phi) is 4.27. The number of nitrogens with zero attached hydrogens (tertiary/aromatic N) is 1. The number of benzene rings is 1. The summed E-state index contributed by atoms with van der Waals surface area (Å²) < 4.78 is 0. The standard InChI is InChI=1S/C17H26N2O/c1-19-9-3-5-14-10-13(7-8-17(14)19)11-18-16-6-2-4-15(16)12-20/h7-8,10,15-16,18,20H,2-6,9,11-12H2,1H3. The van der Waals surface area contributed by atoms with Crippen molar-refractivity contribution >= 4 is 5.69 Å². The molecule has 2 unspecified atom stereocenters. The third kappa shape index (κ3) is 2.84. The van der Waals surface area contributed by atoms with Crippen LogP contribution in [0.25, 0.3) is 0 Å². The van der Waals surface area contributed by atoms with Crippen LogP contribution in [0.2, 0.25) is 0 Å². The van der Waals surface area contributed by atoms with Crippen molar-refractivity contribution in [3.05, 3.63) is 29.3 Å². The molecule has 1 heterocycles. The zero-order valence-corrected chi connectivity index (χ0v) is 12.4. The van der Waals surface area contributed by atoms with Crippen LogP contribution >= 0.6 is 0 Å². The van der Waals surface area contributed by atoms with Gasteiger partial charge >= 0.3 is 0 Å². The molecule has 0 aromatic heterocycles. The van der Waals surface area contributed by atoms with E-state index in [0.717, 1.165) is 6.54 Å². The lowest BCUT2D eigenvalue weighted by Crippen LogP contribution is -2.33. The van der Waals surface area contributed by atoms with Gasteiger partial charge in [-0.05, 0) is 48.8 Å². The van der Waals surface area contributed by atoms with Crippen LogP contribution in [0.3, 0.4) is 0 Å². The van der Waals surface area contributed by atoms with Gasteiger partial charge in [-0.2, -0.15) is 0 Å². The Labute approximate surface area is 122 Å². The Morgan fingerprint density at radius 2 is 2.20 bits per heavy atom. The minimum Gasteiger partial charge on any atom is -0.396 e. The largest absolute Gasteiger partial charge is 0.396 e. The number of anilines is 1. The van der Waals surface area contributed by atoms with Crippen molar-refractivity contribution in [3.8, 4) is 0 Å². The molecular weight excluding hydrogens is 248 g/mol.